The van der Waals surface area contributed by atoms with Crippen LogP contribution >= 0.6 is 0 Å². The summed E-state index contributed by atoms with van der Waals surface area (Å²) in [6, 6.07) is 3.27. The van der Waals surface area contributed by atoms with Gasteiger partial charge in [0, 0.05) is 6.20 Å². The van der Waals surface area contributed by atoms with E-state index < -0.39 is 17.2 Å². The van der Waals surface area contributed by atoms with E-state index in [2.05, 4.69) is 15.0 Å². The monoisotopic (exact) mass is 330 g/mol. The fraction of sp³-hybridized carbons (Fsp3) is 0.200. The van der Waals surface area contributed by atoms with Gasteiger partial charge in [0.05, 0.1) is 23.3 Å². The third-order valence-electron chi connectivity index (χ3n) is 3.53. The smallest absolute Gasteiger partial charge is 0.345 e. The van der Waals surface area contributed by atoms with Crippen LogP contribution in [0.3, 0.4) is 0 Å². The van der Waals surface area contributed by atoms with Crippen molar-refractivity contribution in [2.75, 3.05) is 6.61 Å². The van der Waals surface area contributed by atoms with Crippen LogP contribution in [0.15, 0.2) is 32.7 Å². The Hall–Kier alpha value is -3.36. The van der Waals surface area contributed by atoms with Gasteiger partial charge in [-0.15, -0.1) is 0 Å². The first-order chi connectivity index (χ1) is 11.4. The highest BCUT2D eigenvalue weighted by Crippen LogP contribution is 2.18. The maximum absolute atomic E-state index is 12.1. The SMILES string of the molecule is CCOC(=O)c1cn(-c2cc3[nH]c(=O)[nH]c3cc2C)c(=O)[nH]c1=O. The number of ether oxygens (including phenoxy) is 1. The van der Waals surface area contributed by atoms with Crippen molar-refractivity contribution in [3.05, 3.63) is 60.8 Å². The van der Waals surface area contributed by atoms with E-state index in [1.165, 1.54) is 0 Å². The molecule has 3 N–H and O–H groups in total. The van der Waals surface area contributed by atoms with Crippen molar-refractivity contribution in [1.29, 1.82) is 0 Å². The first-order valence-corrected chi connectivity index (χ1v) is 7.17. The molecule has 0 fully saturated rings. The number of rotatable bonds is 3. The largest absolute Gasteiger partial charge is 0.462 e. The maximum Gasteiger partial charge on any atom is 0.345 e. The fourth-order valence-corrected chi connectivity index (χ4v) is 2.44. The summed E-state index contributed by atoms with van der Waals surface area (Å²) in [5.74, 6) is -0.818. The summed E-state index contributed by atoms with van der Waals surface area (Å²) in [6.07, 6.45) is 1.14. The Morgan fingerprint density at radius 1 is 1.12 bits per heavy atom. The molecule has 2 aromatic heterocycles. The van der Waals surface area contributed by atoms with E-state index in [9.17, 15) is 19.2 Å². The fourth-order valence-electron chi connectivity index (χ4n) is 2.44. The van der Waals surface area contributed by atoms with Gasteiger partial charge in [-0.3, -0.25) is 14.3 Å². The Morgan fingerprint density at radius 2 is 1.79 bits per heavy atom. The molecule has 0 bridgehead atoms. The molecule has 0 radical (unpaired) electrons. The summed E-state index contributed by atoms with van der Waals surface area (Å²) in [5.41, 5.74) is 0.00457. The molecule has 0 saturated heterocycles. The molecule has 0 unspecified atom stereocenters. The van der Waals surface area contributed by atoms with Crippen LogP contribution in [0.2, 0.25) is 0 Å². The highest BCUT2D eigenvalue weighted by atomic mass is 16.5. The topological polar surface area (TPSA) is 130 Å². The molecule has 0 spiro atoms. The van der Waals surface area contributed by atoms with Gasteiger partial charge in [-0.2, -0.15) is 0 Å². The van der Waals surface area contributed by atoms with Gasteiger partial charge in [-0.1, -0.05) is 0 Å². The average Bonchev–Trinajstić information content (AvgIpc) is 2.86. The second kappa shape index (κ2) is 5.69. The first kappa shape index (κ1) is 15.5. The molecular formula is C15H14N4O5. The minimum atomic E-state index is -0.818. The standard InChI is InChI=1S/C15H14N4O5/c1-3-24-13(21)8-6-19(15(23)18-12(8)20)11-5-10-9(4-7(11)2)16-14(22)17-10/h4-6H,3H2,1-2H3,(H2,16,17,22)(H,18,20,23). The summed E-state index contributed by atoms with van der Waals surface area (Å²) in [7, 11) is 0. The van der Waals surface area contributed by atoms with Crippen LogP contribution in [0, 0.1) is 6.92 Å². The van der Waals surface area contributed by atoms with Crippen molar-refractivity contribution in [1.82, 2.24) is 19.5 Å². The van der Waals surface area contributed by atoms with Gasteiger partial charge in [0.1, 0.15) is 5.56 Å². The second-order valence-corrected chi connectivity index (χ2v) is 5.16. The molecular weight excluding hydrogens is 316 g/mol. The molecule has 2 heterocycles. The van der Waals surface area contributed by atoms with Gasteiger partial charge in [-0.25, -0.2) is 14.4 Å². The van der Waals surface area contributed by atoms with Gasteiger partial charge in [0.25, 0.3) is 5.56 Å². The Kier molecular flexibility index (Phi) is 3.68. The Balaban J connectivity index is 2.25. The number of nitrogens with zero attached hydrogens (tertiary/aromatic N) is 1. The van der Waals surface area contributed by atoms with Gasteiger partial charge < -0.3 is 14.7 Å². The quantitative estimate of drug-likeness (QED) is 0.590. The number of nitrogens with one attached hydrogen (secondary N) is 3. The molecule has 0 aliphatic carbocycles. The van der Waals surface area contributed by atoms with Crippen LogP contribution in [-0.4, -0.2) is 32.1 Å². The van der Waals surface area contributed by atoms with Gasteiger partial charge >= 0.3 is 17.3 Å². The number of hydrogen-bond donors (Lipinski definition) is 3. The molecule has 3 aromatic rings. The van der Waals surface area contributed by atoms with Crippen LogP contribution in [0.25, 0.3) is 16.7 Å². The predicted octanol–water partition coefficient (Wildman–Crippen LogP) is 0.181. The van der Waals surface area contributed by atoms with Gasteiger partial charge in [-0.05, 0) is 31.5 Å². The number of benzene rings is 1. The molecule has 0 saturated carbocycles. The molecule has 0 atom stereocenters. The van der Waals surface area contributed by atoms with E-state index in [1.807, 2.05) is 0 Å². The van der Waals surface area contributed by atoms with Gasteiger partial charge in [0.2, 0.25) is 0 Å². The zero-order chi connectivity index (χ0) is 17.4. The molecule has 9 nitrogen and oxygen atoms in total. The number of aromatic amines is 3. The number of hydrogen-bond acceptors (Lipinski definition) is 5. The molecule has 9 heteroatoms. The summed E-state index contributed by atoms with van der Waals surface area (Å²) in [4.78, 5) is 54.5. The van der Waals surface area contributed by atoms with E-state index in [0.717, 1.165) is 10.8 Å². The minimum absolute atomic E-state index is 0.104. The zero-order valence-corrected chi connectivity index (χ0v) is 12.9. The van der Waals surface area contributed by atoms with Crippen LogP contribution in [0.4, 0.5) is 0 Å². The number of fused-ring (bicyclic) bond motifs is 1. The lowest BCUT2D eigenvalue weighted by molar-refractivity contribution is 0.0523. The third kappa shape index (κ3) is 2.56. The molecule has 0 aliphatic heterocycles. The molecule has 0 amide bonds. The zero-order valence-electron chi connectivity index (χ0n) is 12.9. The molecule has 3 rings (SSSR count). The van der Waals surface area contributed by atoms with Crippen molar-refractivity contribution in [3.63, 3.8) is 0 Å². The maximum atomic E-state index is 12.1. The van der Waals surface area contributed by atoms with Crippen LogP contribution < -0.4 is 16.9 Å². The van der Waals surface area contributed by atoms with Crippen LogP contribution in [0.5, 0.6) is 0 Å². The predicted molar refractivity (Wildman–Crippen MR) is 85.8 cm³/mol. The van der Waals surface area contributed by atoms with Crippen molar-refractivity contribution < 1.29 is 9.53 Å². The van der Waals surface area contributed by atoms with Crippen molar-refractivity contribution in [3.8, 4) is 5.69 Å². The average molecular weight is 330 g/mol. The number of carbonyl (C=O) groups is 1. The van der Waals surface area contributed by atoms with Crippen LogP contribution in [-0.2, 0) is 4.74 Å². The van der Waals surface area contributed by atoms with Crippen molar-refractivity contribution in [2.24, 2.45) is 0 Å². The number of aromatic nitrogens is 4. The molecule has 124 valence electrons. The van der Waals surface area contributed by atoms with E-state index in [1.54, 1.807) is 26.0 Å². The van der Waals surface area contributed by atoms with Crippen LogP contribution in [0.1, 0.15) is 22.8 Å². The summed E-state index contributed by atoms with van der Waals surface area (Å²) in [5, 5.41) is 0. The second-order valence-electron chi connectivity index (χ2n) is 5.16. The highest BCUT2D eigenvalue weighted by molar-refractivity contribution is 5.88. The Morgan fingerprint density at radius 3 is 2.46 bits per heavy atom. The van der Waals surface area contributed by atoms with Gasteiger partial charge in [0.15, 0.2) is 0 Å². The molecule has 24 heavy (non-hydrogen) atoms. The van der Waals surface area contributed by atoms with Crippen molar-refractivity contribution >= 4 is 17.0 Å². The number of esters is 1. The first-order valence-electron chi connectivity index (χ1n) is 7.17. The van der Waals surface area contributed by atoms with E-state index in [0.29, 0.717) is 22.3 Å². The number of carbonyl (C=O) groups excluding carboxylic acids is 1. The van der Waals surface area contributed by atoms with E-state index >= 15 is 0 Å². The lowest BCUT2D eigenvalue weighted by atomic mass is 10.1. The van der Waals surface area contributed by atoms with Crippen molar-refractivity contribution in [2.45, 2.75) is 13.8 Å². The van der Waals surface area contributed by atoms with E-state index in [-0.39, 0.29) is 17.9 Å². The summed E-state index contributed by atoms with van der Waals surface area (Å²) >= 11 is 0. The Labute approximate surface area is 133 Å². The Bertz CT molecular complexity index is 1120. The third-order valence-corrected chi connectivity index (χ3v) is 3.53. The lowest BCUT2D eigenvalue weighted by Crippen LogP contribution is -2.33. The number of aryl methyl sites for hydroxylation is 1. The molecule has 1 aromatic carbocycles. The summed E-state index contributed by atoms with van der Waals surface area (Å²) < 4.78 is 5.95. The minimum Gasteiger partial charge on any atom is -0.462 e. The summed E-state index contributed by atoms with van der Waals surface area (Å²) in [6.45, 7) is 3.46. The normalized spacial score (nSPS) is 10.9. The number of H-pyrrole nitrogens is 3. The highest BCUT2D eigenvalue weighted by Gasteiger charge is 2.16. The molecule has 0 aliphatic rings. The van der Waals surface area contributed by atoms with E-state index in [4.69, 9.17) is 4.74 Å². The number of imidazole rings is 1. The lowest BCUT2D eigenvalue weighted by Gasteiger charge is -2.10.